The van der Waals surface area contributed by atoms with Gasteiger partial charge in [-0.2, -0.15) is 0 Å². The van der Waals surface area contributed by atoms with Crippen LogP contribution in [0.5, 0.6) is 0 Å². The summed E-state index contributed by atoms with van der Waals surface area (Å²) in [5, 5.41) is 3.32. The maximum absolute atomic E-state index is 13.2. The Balaban J connectivity index is 0.00000261. The van der Waals surface area contributed by atoms with Crippen LogP contribution in [0.1, 0.15) is 25.0 Å². The number of hydrogen-bond acceptors (Lipinski definition) is 4. The van der Waals surface area contributed by atoms with E-state index in [9.17, 15) is 12.8 Å². The summed E-state index contributed by atoms with van der Waals surface area (Å²) in [4.78, 5) is 6.47. The number of ether oxygens (including phenoxy) is 1. The Morgan fingerprint density at radius 2 is 2.04 bits per heavy atom. The van der Waals surface area contributed by atoms with Crippen molar-refractivity contribution in [1.29, 1.82) is 0 Å². The number of halogens is 2. The van der Waals surface area contributed by atoms with Crippen molar-refractivity contribution in [1.82, 2.24) is 10.2 Å². The lowest BCUT2D eigenvalue weighted by Crippen LogP contribution is -2.51. The van der Waals surface area contributed by atoms with Crippen LogP contribution in [-0.2, 0) is 14.6 Å². The minimum absolute atomic E-state index is 0. The number of nitrogens with one attached hydrogen (secondary N) is 1. The molecule has 0 bridgehead atoms. The number of guanidine groups is 1. The Bertz CT molecular complexity index is 758. The predicted molar refractivity (Wildman–Crippen MR) is 115 cm³/mol. The molecule has 152 valence electrons. The van der Waals surface area contributed by atoms with Crippen LogP contribution in [-0.4, -0.2) is 63.6 Å². The Hall–Kier alpha value is -0.940. The lowest BCUT2D eigenvalue weighted by molar-refractivity contribution is -0.0605. The van der Waals surface area contributed by atoms with Crippen LogP contribution >= 0.6 is 24.0 Å². The van der Waals surface area contributed by atoms with Crippen LogP contribution in [0.25, 0.3) is 0 Å². The molecular formula is C18H27FIN3O3S. The Labute approximate surface area is 177 Å². The fourth-order valence-electron chi connectivity index (χ4n) is 3.59. The van der Waals surface area contributed by atoms with E-state index in [-0.39, 0.29) is 59.4 Å². The van der Waals surface area contributed by atoms with Crippen LogP contribution in [0.15, 0.2) is 29.3 Å². The smallest absolute Gasteiger partial charge is 0.193 e. The Morgan fingerprint density at radius 3 is 2.63 bits per heavy atom. The second-order valence-corrected chi connectivity index (χ2v) is 9.32. The van der Waals surface area contributed by atoms with E-state index in [0.29, 0.717) is 26.1 Å². The molecular weight excluding hydrogens is 484 g/mol. The summed E-state index contributed by atoms with van der Waals surface area (Å²) in [6.45, 7) is 3.90. The zero-order chi connectivity index (χ0) is 18.7. The third kappa shape index (κ3) is 6.02. The summed E-state index contributed by atoms with van der Waals surface area (Å²) in [5.41, 5.74) is 0.931. The second-order valence-electron chi connectivity index (χ2n) is 7.09. The molecule has 1 N–H and O–H groups in total. The fourth-order valence-corrected chi connectivity index (χ4v) is 5.45. The molecule has 3 atom stereocenters. The lowest BCUT2D eigenvalue weighted by Gasteiger charge is -2.39. The molecule has 9 heteroatoms. The highest BCUT2D eigenvalue weighted by Gasteiger charge is 2.30. The second kappa shape index (κ2) is 9.51. The van der Waals surface area contributed by atoms with Gasteiger partial charge in [-0.3, -0.25) is 4.99 Å². The predicted octanol–water partition coefficient (Wildman–Crippen LogP) is 2.22. The van der Waals surface area contributed by atoms with Gasteiger partial charge in [0.2, 0.25) is 0 Å². The molecule has 2 saturated heterocycles. The molecule has 1 aromatic carbocycles. The summed E-state index contributed by atoms with van der Waals surface area (Å²) in [5.74, 6) is 1.13. The first-order valence-corrected chi connectivity index (χ1v) is 10.8. The summed E-state index contributed by atoms with van der Waals surface area (Å²) >= 11 is 0. The van der Waals surface area contributed by atoms with E-state index in [0.717, 1.165) is 11.5 Å². The van der Waals surface area contributed by atoms with Crippen LogP contribution < -0.4 is 5.32 Å². The molecule has 3 rings (SSSR count). The zero-order valence-corrected chi connectivity index (χ0v) is 18.7. The standard InChI is InChI=1S/C18H26FN3O3S.HI/c1-13-10-22(11-17(25-13)15-3-5-16(19)6-4-15)18(20-2)21-9-14-7-8-26(23,24)12-14;/h3-6,13-14,17H,7-12H2,1-2H3,(H,20,21);1H. The van der Waals surface area contributed by atoms with Gasteiger partial charge in [0.15, 0.2) is 15.8 Å². The SMILES string of the molecule is CN=C(NCC1CCS(=O)(=O)C1)N1CC(C)OC(c2ccc(F)cc2)C1.I. The molecule has 1 aromatic rings. The van der Waals surface area contributed by atoms with Gasteiger partial charge in [0.25, 0.3) is 0 Å². The first-order chi connectivity index (χ1) is 12.4. The van der Waals surface area contributed by atoms with Gasteiger partial charge in [-0.25, -0.2) is 12.8 Å². The number of nitrogens with zero attached hydrogens (tertiary/aromatic N) is 2. The summed E-state index contributed by atoms with van der Waals surface area (Å²) in [6, 6.07) is 6.37. The van der Waals surface area contributed by atoms with Crippen LogP contribution in [0, 0.1) is 11.7 Å². The van der Waals surface area contributed by atoms with E-state index in [4.69, 9.17) is 4.74 Å². The molecule has 0 aromatic heterocycles. The minimum atomic E-state index is -2.88. The van der Waals surface area contributed by atoms with Crippen molar-refractivity contribution in [2.45, 2.75) is 25.6 Å². The van der Waals surface area contributed by atoms with E-state index in [2.05, 4.69) is 15.2 Å². The topological polar surface area (TPSA) is 71.0 Å². The van der Waals surface area contributed by atoms with Crippen LogP contribution in [0.4, 0.5) is 4.39 Å². The van der Waals surface area contributed by atoms with Crippen molar-refractivity contribution in [3.05, 3.63) is 35.6 Å². The normalized spacial score (nSPS) is 27.9. The number of morpholine rings is 1. The molecule has 0 aliphatic carbocycles. The van der Waals surface area contributed by atoms with Crippen molar-refractivity contribution in [2.75, 3.05) is 38.2 Å². The van der Waals surface area contributed by atoms with E-state index in [1.54, 1.807) is 19.2 Å². The number of rotatable bonds is 3. The van der Waals surface area contributed by atoms with Gasteiger partial charge in [-0.15, -0.1) is 24.0 Å². The van der Waals surface area contributed by atoms with Crippen molar-refractivity contribution < 1.29 is 17.5 Å². The van der Waals surface area contributed by atoms with Gasteiger partial charge in [0.1, 0.15) is 11.9 Å². The molecule has 0 saturated carbocycles. The molecule has 27 heavy (non-hydrogen) atoms. The first-order valence-electron chi connectivity index (χ1n) is 8.93. The summed E-state index contributed by atoms with van der Waals surface area (Å²) < 4.78 is 42.4. The Morgan fingerprint density at radius 1 is 1.33 bits per heavy atom. The van der Waals surface area contributed by atoms with Crippen molar-refractivity contribution >= 4 is 39.8 Å². The van der Waals surface area contributed by atoms with Crippen molar-refractivity contribution in [3.8, 4) is 0 Å². The van der Waals surface area contributed by atoms with E-state index in [1.165, 1.54) is 12.1 Å². The maximum Gasteiger partial charge on any atom is 0.193 e. The number of aliphatic imine (C=N–C) groups is 1. The lowest BCUT2D eigenvalue weighted by atomic mass is 10.1. The minimum Gasteiger partial charge on any atom is -0.367 e. The molecule has 2 fully saturated rings. The molecule has 0 spiro atoms. The maximum atomic E-state index is 13.2. The summed E-state index contributed by atoms with van der Waals surface area (Å²) in [6.07, 6.45) is 0.540. The van der Waals surface area contributed by atoms with Gasteiger partial charge in [0, 0.05) is 20.1 Å². The van der Waals surface area contributed by atoms with Gasteiger partial charge < -0.3 is 15.0 Å². The molecule has 2 aliphatic rings. The van der Waals surface area contributed by atoms with E-state index < -0.39 is 9.84 Å². The monoisotopic (exact) mass is 511 g/mol. The highest BCUT2D eigenvalue weighted by molar-refractivity contribution is 14.0. The average molecular weight is 511 g/mol. The summed E-state index contributed by atoms with van der Waals surface area (Å²) in [7, 11) is -1.15. The van der Waals surface area contributed by atoms with Gasteiger partial charge >= 0.3 is 0 Å². The van der Waals surface area contributed by atoms with Crippen LogP contribution in [0.2, 0.25) is 0 Å². The van der Waals surface area contributed by atoms with Gasteiger partial charge in [-0.1, -0.05) is 12.1 Å². The van der Waals surface area contributed by atoms with Gasteiger partial charge in [0.05, 0.1) is 24.2 Å². The zero-order valence-electron chi connectivity index (χ0n) is 15.6. The van der Waals surface area contributed by atoms with Crippen LogP contribution in [0.3, 0.4) is 0 Å². The number of benzene rings is 1. The molecule has 2 aliphatic heterocycles. The third-order valence-corrected chi connectivity index (χ3v) is 6.73. The average Bonchev–Trinajstić information content (AvgIpc) is 2.94. The molecule has 6 nitrogen and oxygen atoms in total. The quantitative estimate of drug-likeness (QED) is 0.383. The fraction of sp³-hybridized carbons (Fsp3) is 0.611. The molecule has 2 heterocycles. The van der Waals surface area contributed by atoms with Crippen molar-refractivity contribution in [3.63, 3.8) is 0 Å². The van der Waals surface area contributed by atoms with Crippen molar-refractivity contribution in [2.24, 2.45) is 10.9 Å². The highest BCUT2D eigenvalue weighted by atomic mass is 127. The third-order valence-electron chi connectivity index (χ3n) is 4.89. The largest absolute Gasteiger partial charge is 0.367 e. The Kier molecular flexibility index (Phi) is 7.87. The van der Waals surface area contributed by atoms with E-state index in [1.807, 2.05) is 6.92 Å². The molecule has 3 unspecified atom stereocenters. The highest BCUT2D eigenvalue weighted by Crippen LogP contribution is 2.25. The van der Waals surface area contributed by atoms with E-state index >= 15 is 0 Å². The number of hydrogen-bond donors (Lipinski definition) is 1. The molecule has 0 amide bonds. The molecule has 0 radical (unpaired) electrons. The van der Waals surface area contributed by atoms with Gasteiger partial charge in [-0.05, 0) is 37.0 Å². The number of sulfone groups is 1. The first kappa shape index (κ1) is 22.4.